The van der Waals surface area contributed by atoms with Crippen LogP contribution in [0, 0.1) is 0 Å². The number of nitrogens with zero attached hydrogens (tertiary/aromatic N) is 1. The summed E-state index contributed by atoms with van der Waals surface area (Å²) in [5, 5.41) is 6.20. The summed E-state index contributed by atoms with van der Waals surface area (Å²) in [6, 6.07) is 26.6. The Morgan fingerprint density at radius 1 is 0.886 bits per heavy atom. The third kappa shape index (κ3) is 6.88. The van der Waals surface area contributed by atoms with Crippen molar-refractivity contribution < 1.29 is 18.7 Å². The Morgan fingerprint density at radius 3 is 2.37 bits per heavy atom. The fourth-order valence-electron chi connectivity index (χ4n) is 3.36. The average molecular weight is 490 g/mol. The number of anilines is 2. The van der Waals surface area contributed by atoms with Crippen LogP contribution in [0.3, 0.4) is 0 Å². The molecule has 0 saturated carbocycles. The van der Waals surface area contributed by atoms with E-state index in [2.05, 4.69) is 10.6 Å². The summed E-state index contributed by atoms with van der Waals surface area (Å²) in [5.74, 6) is 1.32. The highest BCUT2D eigenvalue weighted by molar-refractivity contribution is 6.30. The number of ether oxygens (including phenoxy) is 1. The number of rotatable bonds is 9. The monoisotopic (exact) mass is 489 g/mol. The van der Waals surface area contributed by atoms with Crippen molar-refractivity contribution in [1.29, 1.82) is 0 Å². The fourth-order valence-corrected chi connectivity index (χ4v) is 3.55. The molecule has 0 radical (unpaired) electrons. The van der Waals surface area contributed by atoms with Crippen LogP contribution in [-0.4, -0.2) is 25.0 Å². The number of halogens is 1. The first kappa shape index (κ1) is 23.9. The molecule has 0 fully saturated rings. The molecular weight excluding hydrogens is 466 g/mol. The Kier molecular flexibility index (Phi) is 8.04. The summed E-state index contributed by atoms with van der Waals surface area (Å²) in [7, 11) is 0. The molecule has 0 bridgehead atoms. The second-order valence-corrected chi connectivity index (χ2v) is 8.02. The Labute approximate surface area is 208 Å². The minimum absolute atomic E-state index is 0.245. The predicted molar refractivity (Wildman–Crippen MR) is 136 cm³/mol. The van der Waals surface area contributed by atoms with E-state index in [1.54, 1.807) is 53.4 Å². The molecule has 3 amide bonds. The third-order valence-electron chi connectivity index (χ3n) is 5.04. The number of hydrogen-bond acceptors (Lipinski definition) is 4. The molecule has 0 aliphatic rings. The van der Waals surface area contributed by atoms with E-state index in [0.717, 1.165) is 5.75 Å². The van der Waals surface area contributed by atoms with Gasteiger partial charge in [-0.05, 0) is 73.2 Å². The van der Waals surface area contributed by atoms with Crippen molar-refractivity contribution in [3.05, 3.63) is 108 Å². The zero-order valence-electron chi connectivity index (χ0n) is 18.8. The molecule has 0 atom stereocenters. The van der Waals surface area contributed by atoms with Gasteiger partial charge in [-0.15, -0.1) is 0 Å². The molecule has 8 heteroatoms. The summed E-state index contributed by atoms with van der Waals surface area (Å²) in [4.78, 5) is 26.8. The van der Waals surface area contributed by atoms with Gasteiger partial charge < -0.3 is 19.8 Å². The van der Waals surface area contributed by atoms with E-state index in [0.29, 0.717) is 41.7 Å². The highest BCUT2D eigenvalue weighted by Gasteiger charge is 2.17. The van der Waals surface area contributed by atoms with Gasteiger partial charge in [0.2, 0.25) is 0 Å². The first-order chi connectivity index (χ1) is 17.1. The number of carbonyl (C=O) groups excluding carboxylic acids is 2. The fraction of sp³-hybridized carbons (Fsp3) is 0.111. The lowest BCUT2D eigenvalue weighted by molar-refractivity contribution is 0.0926. The summed E-state index contributed by atoms with van der Waals surface area (Å²) in [6.45, 7) is 0.736. The lowest BCUT2D eigenvalue weighted by Crippen LogP contribution is -2.37. The van der Waals surface area contributed by atoms with Crippen molar-refractivity contribution in [2.24, 2.45) is 0 Å². The van der Waals surface area contributed by atoms with Crippen LogP contribution in [-0.2, 0) is 0 Å². The lowest BCUT2D eigenvalue weighted by Gasteiger charge is -2.24. The van der Waals surface area contributed by atoms with Crippen molar-refractivity contribution >= 4 is 34.9 Å². The van der Waals surface area contributed by atoms with E-state index in [9.17, 15) is 9.59 Å². The minimum Gasteiger partial charge on any atom is -0.459 e. The Morgan fingerprint density at radius 2 is 1.66 bits per heavy atom. The van der Waals surface area contributed by atoms with Crippen LogP contribution in [0.5, 0.6) is 11.5 Å². The first-order valence-electron chi connectivity index (χ1n) is 11.1. The Hall–Kier alpha value is -4.23. The summed E-state index contributed by atoms with van der Waals surface area (Å²) in [5.41, 5.74) is 1.27. The SMILES string of the molecule is O=C(NCCCN(C(=O)Nc1cccc(Cl)c1)c1ccc(Oc2ccccc2)cc1)c1ccco1. The maximum atomic E-state index is 13.2. The Bertz CT molecular complexity index is 1250. The van der Waals surface area contributed by atoms with Crippen LogP contribution < -0.4 is 20.3 Å². The minimum atomic E-state index is -0.318. The topological polar surface area (TPSA) is 83.8 Å². The Balaban J connectivity index is 1.43. The van der Waals surface area contributed by atoms with Gasteiger partial charge in [-0.2, -0.15) is 0 Å². The zero-order chi connectivity index (χ0) is 24.5. The molecule has 0 aliphatic carbocycles. The number of carbonyl (C=O) groups is 2. The summed E-state index contributed by atoms with van der Waals surface area (Å²) < 4.78 is 11.0. The average Bonchev–Trinajstić information content (AvgIpc) is 3.41. The van der Waals surface area contributed by atoms with Gasteiger partial charge in [-0.1, -0.05) is 35.9 Å². The largest absolute Gasteiger partial charge is 0.459 e. The number of hydrogen-bond donors (Lipinski definition) is 2. The number of benzene rings is 3. The second-order valence-electron chi connectivity index (χ2n) is 7.59. The quantitative estimate of drug-likeness (QED) is 0.260. The smallest absolute Gasteiger partial charge is 0.326 e. The molecule has 0 spiro atoms. The van der Waals surface area contributed by atoms with Gasteiger partial charge in [0.25, 0.3) is 5.91 Å². The van der Waals surface area contributed by atoms with Crippen molar-refractivity contribution in [1.82, 2.24) is 5.32 Å². The van der Waals surface area contributed by atoms with Gasteiger partial charge in [0.1, 0.15) is 11.5 Å². The van der Waals surface area contributed by atoms with E-state index in [1.807, 2.05) is 42.5 Å². The van der Waals surface area contributed by atoms with Gasteiger partial charge in [0.05, 0.1) is 6.26 Å². The molecule has 7 nitrogen and oxygen atoms in total. The van der Waals surface area contributed by atoms with Crippen LogP contribution in [0.25, 0.3) is 0 Å². The van der Waals surface area contributed by atoms with Gasteiger partial charge >= 0.3 is 6.03 Å². The van der Waals surface area contributed by atoms with Crippen molar-refractivity contribution in [3.63, 3.8) is 0 Å². The molecule has 178 valence electrons. The number of para-hydroxylation sites is 1. The highest BCUT2D eigenvalue weighted by atomic mass is 35.5. The molecule has 2 N–H and O–H groups in total. The van der Waals surface area contributed by atoms with E-state index in [-0.39, 0.29) is 17.7 Å². The van der Waals surface area contributed by atoms with Crippen LogP contribution in [0.2, 0.25) is 5.02 Å². The van der Waals surface area contributed by atoms with Gasteiger partial charge in [-0.25, -0.2) is 4.79 Å². The van der Waals surface area contributed by atoms with Crippen molar-refractivity contribution in [3.8, 4) is 11.5 Å². The molecule has 0 aliphatic heterocycles. The van der Waals surface area contributed by atoms with E-state index < -0.39 is 0 Å². The zero-order valence-corrected chi connectivity index (χ0v) is 19.6. The molecule has 4 rings (SSSR count). The third-order valence-corrected chi connectivity index (χ3v) is 5.27. The number of amides is 3. The number of urea groups is 1. The maximum absolute atomic E-state index is 13.2. The molecule has 0 unspecified atom stereocenters. The number of furan rings is 1. The first-order valence-corrected chi connectivity index (χ1v) is 11.4. The maximum Gasteiger partial charge on any atom is 0.326 e. The van der Waals surface area contributed by atoms with Gasteiger partial charge in [-0.3, -0.25) is 9.69 Å². The van der Waals surface area contributed by atoms with E-state index >= 15 is 0 Å². The number of nitrogens with one attached hydrogen (secondary N) is 2. The van der Waals surface area contributed by atoms with E-state index in [1.165, 1.54) is 6.26 Å². The molecule has 0 saturated heterocycles. The van der Waals surface area contributed by atoms with Gasteiger partial charge in [0.15, 0.2) is 5.76 Å². The summed E-state index contributed by atoms with van der Waals surface area (Å²) >= 11 is 6.06. The van der Waals surface area contributed by atoms with Crippen molar-refractivity contribution in [2.75, 3.05) is 23.3 Å². The predicted octanol–water partition coefficient (Wildman–Crippen LogP) is 6.58. The van der Waals surface area contributed by atoms with Crippen LogP contribution >= 0.6 is 11.6 Å². The normalized spacial score (nSPS) is 10.4. The van der Waals surface area contributed by atoms with Crippen LogP contribution in [0.4, 0.5) is 16.2 Å². The second kappa shape index (κ2) is 11.8. The molecule has 1 heterocycles. The van der Waals surface area contributed by atoms with Crippen LogP contribution in [0.15, 0.2) is 102 Å². The van der Waals surface area contributed by atoms with Crippen molar-refractivity contribution in [2.45, 2.75) is 6.42 Å². The van der Waals surface area contributed by atoms with Crippen LogP contribution in [0.1, 0.15) is 17.0 Å². The lowest BCUT2D eigenvalue weighted by atomic mass is 10.2. The highest BCUT2D eigenvalue weighted by Crippen LogP contribution is 2.25. The molecule has 35 heavy (non-hydrogen) atoms. The molecule has 4 aromatic rings. The molecule has 3 aromatic carbocycles. The van der Waals surface area contributed by atoms with E-state index in [4.69, 9.17) is 20.8 Å². The standard InChI is InChI=1S/C27H24ClN3O4/c28-20-7-4-8-21(19-20)30-27(33)31(17-6-16-29-26(32)25-11-5-18-34-25)22-12-14-24(15-13-22)35-23-9-2-1-3-10-23/h1-5,7-15,18-19H,6,16-17H2,(H,29,32)(H,30,33). The molecular formula is C27H24ClN3O4. The molecule has 1 aromatic heterocycles. The summed E-state index contributed by atoms with van der Waals surface area (Å²) in [6.07, 6.45) is 1.97. The van der Waals surface area contributed by atoms with Gasteiger partial charge in [0, 0.05) is 29.5 Å².